The van der Waals surface area contributed by atoms with Crippen LogP contribution in [-0.4, -0.2) is 48.6 Å². The average molecular weight is 279 g/mol. The van der Waals surface area contributed by atoms with Gasteiger partial charge in [0, 0.05) is 25.2 Å². The summed E-state index contributed by atoms with van der Waals surface area (Å²) in [6.07, 6.45) is 1.21. The monoisotopic (exact) mass is 279 g/mol. The van der Waals surface area contributed by atoms with E-state index in [9.17, 15) is 4.39 Å². The lowest BCUT2D eigenvalue weighted by molar-refractivity contribution is 0.208. The SMILES string of the molecule is CCN(CC)C1CCN(CC(N)c2cccc(F)c2)C1. The van der Waals surface area contributed by atoms with Gasteiger partial charge in [-0.3, -0.25) is 9.80 Å². The zero-order valence-electron chi connectivity index (χ0n) is 12.6. The van der Waals surface area contributed by atoms with Gasteiger partial charge in [-0.25, -0.2) is 4.39 Å². The highest BCUT2D eigenvalue weighted by molar-refractivity contribution is 5.20. The van der Waals surface area contributed by atoms with Gasteiger partial charge in [-0.1, -0.05) is 26.0 Å². The lowest BCUT2D eigenvalue weighted by Crippen LogP contribution is -2.38. The van der Waals surface area contributed by atoms with Crippen LogP contribution in [0.1, 0.15) is 31.9 Å². The maximum atomic E-state index is 13.2. The number of hydrogen-bond donors (Lipinski definition) is 1. The van der Waals surface area contributed by atoms with E-state index in [1.807, 2.05) is 6.07 Å². The molecular weight excluding hydrogens is 253 g/mol. The Morgan fingerprint density at radius 3 is 2.80 bits per heavy atom. The molecule has 2 unspecified atom stereocenters. The Labute approximate surface area is 121 Å². The van der Waals surface area contributed by atoms with Gasteiger partial charge in [-0.15, -0.1) is 0 Å². The summed E-state index contributed by atoms with van der Waals surface area (Å²) in [6, 6.07) is 7.18. The number of nitrogens with two attached hydrogens (primary N) is 1. The third-order valence-electron chi connectivity index (χ3n) is 4.31. The highest BCUT2D eigenvalue weighted by Gasteiger charge is 2.27. The summed E-state index contributed by atoms with van der Waals surface area (Å²) < 4.78 is 13.2. The average Bonchev–Trinajstić information content (AvgIpc) is 2.88. The van der Waals surface area contributed by atoms with Crippen molar-refractivity contribution in [2.45, 2.75) is 32.4 Å². The molecule has 0 saturated carbocycles. The predicted octanol–water partition coefficient (Wildman–Crippen LogP) is 2.24. The van der Waals surface area contributed by atoms with Gasteiger partial charge in [0.25, 0.3) is 0 Å². The third-order valence-corrected chi connectivity index (χ3v) is 4.31. The third kappa shape index (κ3) is 3.78. The van der Waals surface area contributed by atoms with E-state index in [0.29, 0.717) is 6.04 Å². The molecule has 2 rings (SSSR count). The molecule has 1 aromatic rings. The van der Waals surface area contributed by atoms with E-state index >= 15 is 0 Å². The first kappa shape index (κ1) is 15.4. The summed E-state index contributed by atoms with van der Waals surface area (Å²) >= 11 is 0. The van der Waals surface area contributed by atoms with Gasteiger partial charge in [-0.2, -0.15) is 0 Å². The topological polar surface area (TPSA) is 32.5 Å². The summed E-state index contributed by atoms with van der Waals surface area (Å²) in [7, 11) is 0. The van der Waals surface area contributed by atoms with Crippen molar-refractivity contribution in [2.24, 2.45) is 5.73 Å². The Bertz CT molecular complexity index is 420. The van der Waals surface area contributed by atoms with Crippen LogP contribution in [0.5, 0.6) is 0 Å². The number of likely N-dealkylation sites (N-methyl/N-ethyl adjacent to an activating group) is 1. The van der Waals surface area contributed by atoms with Crippen LogP contribution in [0.25, 0.3) is 0 Å². The van der Waals surface area contributed by atoms with Gasteiger partial charge in [0.1, 0.15) is 5.82 Å². The van der Waals surface area contributed by atoms with Crippen molar-refractivity contribution in [3.05, 3.63) is 35.6 Å². The number of rotatable bonds is 6. The summed E-state index contributed by atoms with van der Waals surface area (Å²) in [5.41, 5.74) is 7.09. The van der Waals surface area contributed by atoms with Crippen molar-refractivity contribution in [3.63, 3.8) is 0 Å². The Hall–Kier alpha value is -0.970. The van der Waals surface area contributed by atoms with E-state index in [4.69, 9.17) is 5.73 Å². The number of halogens is 1. The molecule has 3 nitrogen and oxygen atoms in total. The van der Waals surface area contributed by atoms with Crippen LogP contribution in [0.15, 0.2) is 24.3 Å². The molecule has 1 saturated heterocycles. The highest BCUT2D eigenvalue weighted by atomic mass is 19.1. The van der Waals surface area contributed by atoms with Crippen molar-refractivity contribution in [1.29, 1.82) is 0 Å². The molecule has 0 spiro atoms. The molecule has 2 N–H and O–H groups in total. The Morgan fingerprint density at radius 1 is 1.40 bits per heavy atom. The molecule has 0 bridgehead atoms. The molecule has 1 aromatic carbocycles. The van der Waals surface area contributed by atoms with Crippen LogP contribution in [0, 0.1) is 5.82 Å². The van der Waals surface area contributed by atoms with Gasteiger partial charge in [0.2, 0.25) is 0 Å². The standard InChI is InChI=1S/C16H26FN3/c1-3-20(4-2)15-8-9-19(11-15)12-16(18)13-6-5-7-14(17)10-13/h5-7,10,15-16H,3-4,8-9,11-12,18H2,1-2H3. The maximum absolute atomic E-state index is 13.2. The van der Waals surface area contributed by atoms with Crippen molar-refractivity contribution in [1.82, 2.24) is 9.80 Å². The van der Waals surface area contributed by atoms with Gasteiger partial charge >= 0.3 is 0 Å². The van der Waals surface area contributed by atoms with E-state index in [2.05, 4.69) is 23.6 Å². The number of hydrogen-bond acceptors (Lipinski definition) is 3. The minimum atomic E-state index is -0.208. The smallest absolute Gasteiger partial charge is 0.123 e. The number of nitrogens with zero attached hydrogens (tertiary/aromatic N) is 2. The van der Waals surface area contributed by atoms with E-state index < -0.39 is 0 Å². The second kappa shape index (κ2) is 7.16. The molecular formula is C16H26FN3. The lowest BCUT2D eigenvalue weighted by Gasteiger charge is -2.27. The first-order chi connectivity index (χ1) is 9.63. The summed E-state index contributed by atoms with van der Waals surface area (Å²) in [5.74, 6) is -0.208. The molecule has 1 aliphatic rings. The molecule has 0 radical (unpaired) electrons. The normalized spacial score (nSPS) is 21.6. The molecule has 1 fully saturated rings. The summed E-state index contributed by atoms with van der Waals surface area (Å²) in [5, 5.41) is 0. The first-order valence-electron chi connectivity index (χ1n) is 7.61. The Kier molecular flexibility index (Phi) is 5.52. The van der Waals surface area contributed by atoms with Crippen LogP contribution in [0.4, 0.5) is 4.39 Å². The molecule has 112 valence electrons. The summed E-state index contributed by atoms with van der Waals surface area (Å²) in [4.78, 5) is 4.91. The lowest BCUT2D eigenvalue weighted by atomic mass is 10.1. The molecule has 4 heteroatoms. The van der Waals surface area contributed by atoms with Crippen LogP contribution >= 0.6 is 0 Å². The zero-order chi connectivity index (χ0) is 14.5. The van der Waals surface area contributed by atoms with Crippen molar-refractivity contribution in [2.75, 3.05) is 32.7 Å². The van der Waals surface area contributed by atoms with Gasteiger partial charge in [0.05, 0.1) is 0 Å². The molecule has 0 aliphatic carbocycles. The van der Waals surface area contributed by atoms with E-state index in [0.717, 1.165) is 38.3 Å². The second-order valence-corrected chi connectivity index (χ2v) is 5.58. The molecule has 2 atom stereocenters. The minimum absolute atomic E-state index is 0.110. The van der Waals surface area contributed by atoms with E-state index in [-0.39, 0.29) is 11.9 Å². The van der Waals surface area contributed by atoms with Gasteiger partial charge in [0.15, 0.2) is 0 Å². The minimum Gasteiger partial charge on any atom is -0.323 e. The summed E-state index contributed by atoms with van der Waals surface area (Å²) in [6.45, 7) is 9.60. The van der Waals surface area contributed by atoms with Crippen molar-refractivity contribution in [3.8, 4) is 0 Å². The molecule has 20 heavy (non-hydrogen) atoms. The molecule has 0 amide bonds. The van der Waals surface area contributed by atoms with Crippen LogP contribution in [0.2, 0.25) is 0 Å². The highest BCUT2D eigenvalue weighted by Crippen LogP contribution is 2.19. The fourth-order valence-electron chi connectivity index (χ4n) is 3.14. The first-order valence-corrected chi connectivity index (χ1v) is 7.61. The van der Waals surface area contributed by atoms with Crippen LogP contribution < -0.4 is 5.73 Å². The van der Waals surface area contributed by atoms with E-state index in [1.165, 1.54) is 12.5 Å². The quantitative estimate of drug-likeness (QED) is 0.867. The van der Waals surface area contributed by atoms with Crippen molar-refractivity contribution >= 4 is 0 Å². The maximum Gasteiger partial charge on any atom is 0.123 e. The van der Waals surface area contributed by atoms with Crippen LogP contribution in [-0.2, 0) is 0 Å². The number of benzene rings is 1. The predicted molar refractivity (Wildman–Crippen MR) is 81.1 cm³/mol. The molecule has 1 aliphatic heterocycles. The molecule has 0 aromatic heterocycles. The zero-order valence-corrected chi connectivity index (χ0v) is 12.6. The largest absolute Gasteiger partial charge is 0.323 e. The van der Waals surface area contributed by atoms with Crippen LogP contribution in [0.3, 0.4) is 0 Å². The Balaban J connectivity index is 1.88. The van der Waals surface area contributed by atoms with Gasteiger partial charge < -0.3 is 5.73 Å². The molecule has 1 heterocycles. The fraction of sp³-hybridized carbons (Fsp3) is 0.625. The fourth-order valence-corrected chi connectivity index (χ4v) is 3.14. The second-order valence-electron chi connectivity index (χ2n) is 5.58. The van der Waals surface area contributed by atoms with Crippen molar-refractivity contribution < 1.29 is 4.39 Å². The van der Waals surface area contributed by atoms with E-state index in [1.54, 1.807) is 12.1 Å². The Morgan fingerprint density at radius 2 is 2.15 bits per heavy atom. The van der Waals surface area contributed by atoms with Gasteiger partial charge in [-0.05, 0) is 43.8 Å². The number of likely N-dealkylation sites (tertiary alicyclic amines) is 1.